The van der Waals surface area contributed by atoms with Crippen LogP contribution in [0.3, 0.4) is 0 Å². The summed E-state index contributed by atoms with van der Waals surface area (Å²) in [7, 11) is -3.39. The zero-order valence-corrected chi connectivity index (χ0v) is 13.3. The van der Waals surface area contributed by atoms with Crippen LogP contribution in [0.5, 0.6) is 0 Å². The topological polar surface area (TPSA) is 69.3 Å². The number of aryl methyl sites for hydroxylation is 1. The molecule has 0 aliphatic carbocycles. The largest absolute Gasteiger partial charge is 0.301 e. The molecule has 7 heteroatoms. The first-order valence-electron chi connectivity index (χ1n) is 7.24. The van der Waals surface area contributed by atoms with Gasteiger partial charge in [0, 0.05) is 19.1 Å². The van der Waals surface area contributed by atoms with Gasteiger partial charge in [-0.1, -0.05) is 13.8 Å². The Morgan fingerprint density at radius 2 is 1.95 bits per heavy atom. The van der Waals surface area contributed by atoms with Crippen molar-refractivity contribution in [1.29, 1.82) is 0 Å². The third-order valence-electron chi connectivity index (χ3n) is 4.15. The van der Waals surface area contributed by atoms with E-state index in [1.54, 1.807) is 11.2 Å². The molecule has 0 radical (unpaired) electrons. The van der Waals surface area contributed by atoms with Crippen LogP contribution in [0, 0.1) is 6.92 Å². The van der Waals surface area contributed by atoms with Gasteiger partial charge in [-0.05, 0) is 32.9 Å². The molecule has 0 unspecified atom stereocenters. The van der Waals surface area contributed by atoms with Crippen molar-refractivity contribution >= 4 is 10.0 Å². The molecule has 1 aromatic rings. The minimum absolute atomic E-state index is 0.304. The van der Waals surface area contributed by atoms with E-state index in [-0.39, 0.29) is 0 Å². The highest BCUT2D eigenvalue weighted by molar-refractivity contribution is 7.89. The number of piperidine rings is 1. The van der Waals surface area contributed by atoms with E-state index in [2.05, 4.69) is 28.9 Å². The molecule has 1 saturated heterocycles. The third-order valence-corrected chi connectivity index (χ3v) is 6.17. The summed E-state index contributed by atoms with van der Waals surface area (Å²) in [6.07, 6.45) is 3.21. The summed E-state index contributed by atoms with van der Waals surface area (Å²) in [6, 6.07) is 0.502. The number of aromatic amines is 1. The van der Waals surface area contributed by atoms with E-state index in [4.69, 9.17) is 0 Å². The molecular formula is C13H24N4O2S. The molecule has 20 heavy (non-hydrogen) atoms. The molecule has 6 nitrogen and oxygen atoms in total. The molecule has 1 aromatic heterocycles. The van der Waals surface area contributed by atoms with E-state index in [9.17, 15) is 8.42 Å². The Morgan fingerprint density at radius 1 is 1.35 bits per heavy atom. The van der Waals surface area contributed by atoms with Crippen LogP contribution in [0.15, 0.2) is 11.1 Å². The predicted octanol–water partition coefficient (Wildman–Crippen LogP) is 1.21. The number of aromatic nitrogens is 2. The molecule has 0 aromatic carbocycles. The third kappa shape index (κ3) is 2.89. The molecule has 2 heterocycles. The Hall–Kier alpha value is -0.920. The van der Waals surface area contributed by atoms with Crippen LogP contribution in [0.25, 0.3) is 0 Å². The van der Waals surface area contributed by atoms with Gasteiger partial charge in [-0.2, -0.15) is 9.40 Å². The Kier molecular flexibility index (Phi) is 4.82. The highest BCUT2D eigenvalue weighted by Crippen LogP contribution is 2.23. The van der Waals surface area contributed by atoms with E-state index in [0.717, 1.165) is 25.9 Å². The van der Waals surface area contributed by atoms with Crippen LogP contribution in [-0.2, 0) is 10.0 Å². The highest BCUT2D eigenvalue weighted by atomic mass is 32.2. The van der Waals surface area contributed by atoms with Crippen molar-refractivity contribution in [3.05, 3.63) is 11.9 Å². The second kappa shape index (κ2) is 6.24. The maximum atomic E-state index is 12.5. The van der Waals surface area contributed by atoms with Crippen molar-refractivity contribution in [3.8, 4) is 0 Å². The number of H-pyrrole nitrogens is 1. The fourth-order valence-corrected chi connectivity index (χ4v) is 4.51. The van der Waals surface area contributed by atoms with E-state index < -0.39 is 10.0 Å². The van der Waals surface area contributed by atoms with E-state index in [1.165, 1.54) is 6.20 Å². The molecule has 2 rings (SSSR count). The first-order chi connectivity index (χ1) is 9.50. The van der Waals surface area contributed by atoms with Crippen LogP contribution >= 0.6 is 0 Å². The van der Waals surface area contributed by atoms with Gasteiger partial charge in [-0.15, -0.1) is 0 Å². The van der Waals surface area contributed by atoms with Gasteiger partial charge < -0.3 is 4.90 Å². The van der Waals surface area contributed by atoms with Gasteiger partial charge in [0.25, 0.3) is 0 Å². The minimum Gasteiger partial charge on any atom is -0.301 e. The summed E-state index contributed by atoms with van der Waals surface area (Å²) in [4.78, 5) is 2.71. The number of rotatable bonds is 5. The predicted molar refractivity (Wildman–Crippen MR) is 78.0 cm³/mol. The van der Waals surface area contributed by atoms with Crippen LogP contribution in [0.1, 0.15) is 32.4 Å². The molecule has 1 aliphatic rings. The van der Waals surface area contributed by atoms with Crippen LogP contribution in [-0.4, -0.2) is 60.0 Å². The fourth-order valence-electron chi connectivity index (χ4n) is 2.93. The second-order valence-electron chi connectivity index (χ2n) is 5.22. The summed E-state index contributed by atoms with van der Waals surface area (Å²) < 4.78 is 26.7. The van der Waals surface area contributed by atoms with Gasteiger partial charge in [0.1, 0.15) is 4.90 Å². The van der Waals surface area contributed by atoms with Crippen molar-refractivity contribution < 1.29 is 8.42 Å². The van der Waals surface area contributed by atoms with Crippen molar-refractivity contribution in [2.45, 2.75) is 44.6 Å². The minimum atomic E-state index is -3.39. The molecule has 0 spiro atoms. The van der Waals surface area contributed by atoms with Gasteiger partial charge in [0.2, 0.25) is 10.0 Å². The molecule has 1 fully saturated rings. The second-order valence-corrected chi connectivity index (χ2v) is 7.12. The molecule has 0 atom stereocenters. The van der Waals surface area contributed by atoms with Gasteiger partial charge in [0.05, 0.1) is 11.9 Å². The maximum absolute atomic E-state index is 12.5. The van der Waals surface area contributed by atoms with Crippen LogP contribution < -0.4 is 0 Å². The zero-order valence-electron chi connectivity index (χ0n) is 12.5. The van der Waals surface area contributed by atoms with Crippen molar-refractivity contribution in [3.63, 3.8) is 0 Å². The highest BCUT2D eigenvalue weighted by Gasteiger charge is 2.32. The molecule has 0 amide bonds. The molecule has 0 saturated carbocycles. The molecule has 114 valence electrons. The van der Waals surface area contributed by atoms with Crippen LogP contribution in [0.4, 0.5) is 0 Å². The monoisotopic (exact) mass is 300 g/mol. The van der Waals surface area contributed by atoms with Gasteiger partial charge >= 0.3 is 0 Å². The molecular weight excluding hydrogens is 276 g/mol. The standard InChI is InChI=1S/C13H24N4O2S/c1-4-16(5-2)12-6-8-17(9-7-12)20(18,19)13-10-14-15-11(13)3/h10,12H,4-9H2,1-3H3,(H,14,15). The first kappa shape index (κ1) is 15.5. The van der Waals surface area contributed by atoms with Gasteiger partial charge in [0.15, 0.2) is 0 Å². The SMILES string of the molecule is CCN(CC)C1CCN(S(=O)(=O)c2cn[nH]c2C)CC1. The lowest BCUT2D eigenvalue weighted by molar-refractivity contribution is 0.152. The number of sulfonamides is 1. The Balaban J connectivity index is 2.06. The normalized spacial score (nSPS) is 18.8. The number of nitrogens with zero attached hydrogens (tertiary/aromatic N) is 3. The fraction of sp³-hybridized carbons (Fsp3) is 0.769. The average molecular weight is 300 g/mol. The van der Waals surface area contributed by atoms with Gasteiger partial charge in [-0.25, -0.2) is 8.42 Å². The summed E-state index contributed by atoms with van der Waals surface area (Å²) in [6.45, 7) is 9.27. The molecule has 1 N–H and O–H groups in total. The van der Waals surface area contributed by atoms with Crippen molar-refractivity contribution in [2.75, 3.05) is 26.2 Å². The Labute approximate surface area is 121 Å². The average Bonchev–Trinajstić information content (AvgIpc) is 2.88. The molecule has 1 aliphatic heterocycles. The Morgan fingerprint density at radius 3 is 2.40 bits per heavy atom. The first-order valence-corrected chi connectivity index (χ1v) is 8.68. The number of hydrogen-bond donors (Lipinski definition) is 1. The van der Waals surface area contributed by atoms with E-state index >= 15 is 0 Å². The van der Waals surface area contributed by atoms with Crippen molar-refractivity contribution in [2.24, 2.45) is 0 Å². The summed E-state index contributed by atoms with van der Waals surface area (Å²) in [5.41, 5.74) is 0.607. The quantitative estimate of drug-likeness (QED) is 0.887. The zero-order chi connectivity index (χ0) is 14.8. The van der Waals surface area contributed by atoms with E-state index in [1.807, 2.05) is 0 Å². The van der Waals surface area contributed by atoms with E-state index in [0.29, 0.717) is 29.7 Å². The van der Waals surface area contributed by atoms with Gasteiger partial charge in [-0.3, -0.25) is 5.10 Å². The summed E-state index contributed by atoms with van der Waals surface area (Å²) in [5, 5.41) is 6.51. The lowest BCUT2D eigenvalue weighted by Crippen LogP contribution is -2.46. The lowest BCUT2D eigenvalue weighted by Gasteiger charge is -2.37. The molecule has 0 bridgehead atoms. The maximum Gasteiger partial charge on any atom is 0.246 e. The number of nitrogens with one attached hydrogen (secondary N) is 1. The van der Waals surface area contributed by atoms with Crippen LogP contribution in [0.2, 0.25) is 0 Å². The smallest absolute Gasteiger partial charge is 0.246 e. The van der Waals surface area contributed by atoms with Crippen molar-refractivity contribution in [1.82, 2.24) is 19.4 Å². The summed E-state index contributed by atoms with van der Waals surface area (Å²) in [5.74, 6) is 0. The number of hydrogen-bond acceptors (Lipinski definition) is 4. The summed E-state index contributed by atoms with van der Waals surface area (Å²) >= 11 is 0. The lowest BCUT2D eigenvalue weighted by atomic mass is 10.1. The Bertz CT molecular complexity index is 528.